The molecule has 0 saturated carbocycles. The minimum Gasteiger partial charge on any atom is -0.497 e. The minimum absolute atomic E-state index is 0.00197. The van der Waals surface area contributed by atoms with Crippen molar-refractivity contribution in [2.45, 2.75) is 13.8 Å². The molecule has 29 heavy (non-hydrogen) atoms. The van der Waals surface area contributed by atoms with Crippen molar-refractivity contribution in [2.75, 3.05) is 38.2 Å². The van der Waals surface area contributed by atoms with E-state index >= 15 is 0 Å². The van der Waals surface area contributed by atoms with E-state index in [4.69, 9.17) is 4.74 Å². The predicted molar refractivity (Wildman–Crippen MR) is 115 cm³/mol. The van der Waals surface area contributed by atoms with Gasteiger partial charge in [-0.05, 0) is 61.4 Å². The average Bonchev–Trinajstić information content (AvgIpc) is 3.26. The van der Waals surface area contributed by atoms with Gasteiger partial charge in [0.05, 0.1) is 12.8 Å². The van der Waals surface area contributed by atoms with Crippen LogP contribution in [0.2, 0.25) is 0 Å². The molecule has 6 nitrogen and oxygen atoms in total. The van der Waals surface area contributed by atoms with Crippen LogP contribution in [0.25, 0.3) is 11.3 Å². The number of rotatable bonds is 4. The Labute approximate surface area is 171 Å². The molecule has 0 radical (unpaired) electrons. The Morgan fingerprint density at radius 3 is 2.45 bits per heavy atom. The normalized spacial score (nSPS) is 14.2. The Balaban J connectivity index is 1.42. The Bertz CT molecular complexity index is 1000. The molecule has 3 aromatic rings. The second kappa shape index (κ2) is 7.99. The van der Waals surface area contributed by atoms with Crippen molar-refractivity contribution in [3.63, 3.8) is 0 Å². The van der Waals surface area contributed by atoms with Crippen LogP contribution >= 0.6 is 0 Å². The summed E-state index contributed by atoms with van der Waals surface area (Å²) >= 11 is 0. The summed E-state index contributed by atoms with van der Waals surface area (Å²) in [5, 5.41) is 7.22. The fourth-order valence-corrected chi connectivity index (χ4v) is 3.74. The van der Waals surface area contributed by atoms with E-state index in [1.807, 2.05) is 35.2 Å². The fraction of sp³-hybridized carbons (Fsp3) is 0.304. The number of ether oxygens (including phenoxy) is 1. The molecular formula is C23H26N4O2. The number of aryl methyl sites for hydroxylation is 1. The largest absolute Gasteiger partial charge is 0.497 e. The third-order valence-electron chi connectivity index (χ3n) is 5.68. The molecule has 4 rings (SSSR count). The number of benzene rings is 2. The summed E-state index contributed by atoms with van der Waals surface area (Å²) in [6, 6.07) is 15.9. The van der Waals surface area contributed by atoms with Crippen molar-refractivity contribution >= 4 is 11.6 Å². The van der Waals surface area contributed by atoms with Gasteiger partial charge in [-0.25, -0.2) is 0 Å². The summed E-state index contributed by atoms with van der Waals surface area (Å²) in [4.78, 5) is 17.2. The fourth-order valence-electron chi connectivity index (χ4n) is 3.74. The SMILES string of the molecule is COc1ccc(-c2cc(C(=O)N3CCN(c4cccc(C)c4C)CC3)[nH]n2)cc1. The second-order valence-electron chi connectivity index (χ2n) is 7.39. The Kier molecular flexibility index (Phi) is 5.25. The minimum atomic E-state index is -0.00197. The lowest BCUT2D eigenvalue weighted by atomic mass is 10.1. The lowest BCUT2D eigenvalue weighted by Gasteiger charge is -2.36. The van der Waals surface area contributed by atoms with E-state index < -0.39 is 0 Å². The molecule has 1 amide bonds. The molecular weight excluding hydrogens is 364 g/mol. The van der Waals surface area contributed by atoms with Gasteiger partial charge in [0.1, 0.15) is 11.4 Å². The molecule has 0 bridgehead atoms. The zero-order valence-corrected chi connectivity index (χ0v) is 17.1. The number of amides is 1. The Morgan fingerprint density at radius 1 is 1.03 bits per heavy atom. The first kappa shape index (κ1) is 19.1. The van der Waals surface area contributed by atoms with Crippen molar-refractivity contribution in [3.05, 3.63) is 65.4 Å². The van der Waals surface area contributed by atoms with E-state index in [2.05, 4.69) is 47.1 Å². The molecule has 6 heteroatoms. The van der Waals surface area contributed by atoms with Gasteiger partial charge in [-0.15, -0.1) is 0 Å². The zero-order valence-electron chi connectivity index (χ0n) is 17.1. The van der Waals surface area contributed by atoms with E-state index in [-0.39, 0.29) is 5.91 Å². The Hall–Kier alpha value is -3.28. The summed E-state index contributed by atoms with van der Waals surface area (Å²) < 4.78 is 5.19. The molecule has 0 atom stereocenters. The number of aromatic nitrogens is 2. The highest BCUT2D eigenvalue weighted by Crippen LogP contribution is 2.25. The molecule has 1 saturated heterocycles. The maximum Gasteiger partial charge on any atom is 0.272 e. The number of carbonyl (C=O) groups excluding carboxylic acids is 1. The number of carbonyl (C=O) groups is 1. The number of piperazine rings is 1. The molecule has 150 valence electrons. The molecule has 1 aliphatic rings. The van der Waals surface area contributed by atoms with Crippen molar-refractivity contribution < 1.29 is 9.53 Å². The highest BCUT2D eigenvalue weighted by Gasteiger charge is 2.24. The standard InChI is InChI=1S/C23H26N4O2/c1-16-5-4-6-22(17(16)2)26-11-13-27(14-12-26)23(28)21-15-20(24-25-21)18-7-9-19(29-3)10-8-18/h4-10,15H,11-14H2,1-3H3,(H,24,25). The van der Waals surface area contributed by atoms with Crippen LogP contribution in [0.1, 0.15) is 21.6 Å². The Morgan fingerprint density at radius 2 is 1.76 bits per heavy atom. The van der Waals surface area contributed by atoms with Crippen LogP contribution < -0.4 is 9.64 Å². The number of nitrogens with zero attached hydrogens (tertiary/aromatic N) is 3. The van der Waals surface area contributed by atoms with Gasteiger partial charge < -0.3 is 14.5 Å². The first-order chi connectivity index (χ1) is 14.1. The highest BCUT2D eigenvalue weighted by molar-refractivity contribution is 5.93. The lowest BCUT2D eigenvalue weighted by molar-refractivity contribution is 0.0741. The van der Waals surface area contributed by atoms with Gasteiger partial charge in [-0.3, -0.25) is 9.89 Å². The average molecular weight is 390 g/mol. The van der Waals surface area contributed by atoms with Crippen LogP contribution in [0.15, 0.2) is 48.5 Å². The molecule has 0 spiro atoms. The van der Waals surface area contributed by atoms with Gasteiger partial charge >= 0.3 is 0 Å². The van der Waals surface area contributed by atoms with Crippen LogP contribution in [0.3, 0.4) is 0 Å². The molecule has 0 unspecified atom stereocenters. The summed E-state index contributed by atoms with van der Waals surface area (Å²) in [6.45, 7) is 7.35. The number of hydrogen-bond donors (Lipinski definition) is 1. The molecule has 0 aliphatic carbocycles. The maximum absolute atomic E-state index is 12.9. The van der Waals surface area contributed by atoms with E-state index in [1.54, 1.807) is 7.11 Å². The molecule has 2 aromatic carbocycles. The summed E-state index contributed by atoms with van der Waals surface area (Å²) in [5.41, 5.74) is 6.09. The van der Waals surface area contributed by atoms with Crippen molar-refractivity contribution in [3.8, 4) is 17.0 Å². The number of aromatic amines is 1. The third kappa shape index (κ3) is 3.83. The summed E-state index contributed by atoms with van der Waals surface area (Å²) in [5.74, 6) is 0.792. The van der Waals surface area contributed by atoms with E-state index in [1.165, 1.54) is 16.8 Å². The van der Waals surface area contributed by atoms with Crippen LogP contribution in [0.4, 0.5) is 5.69 Å². The first-order valence-electron chi connectivity index (χ1n) is 9.87. The van der Waals surface area contributed by atoms with Crippen LogP contribution in [-0.4, -0.2) is 54.3 Å². The summed E-state index contributed by atoms with van der Waals surface area (Å²) in [7, 11) is 1.64. The molecule has 1 N–H and O–H groups in total. The second-order valence-corrected chi connectivity index (χ2v) is 7.39. The smallest absolute Gasteiger partial charge is 0.272 e. The molecule has 2 heterocycles. The molecule has 1 fully saturated rings. The van der Waals surface area contributed by atoms with E-state index in [0.717, 1.165) is 30.1 Å². The van der Waals surface area contributed by atoms with Crippen molar-refractivity contribution in [1.82, 2.24) is 15.1 Å². The van der Waals surface area contributed by atoms with E-state index in [0.29, 0.717) is 18.8 Å². The number of hydrogen-bond acceptors (Lipinski definition) is 4. The van der Waals surface area contributed by atoms with Gasteiger partial charge in [0.15, 0.2) is 0 Å². The zero-order chi connectivity index (χ0) is 20.4. The summed E-state index contributed by atoms with van der Waals surface area (Å²) in [6.07, 6.45) is 0. The number of methoxy groups -OCH3 is 1. The van der Waals surface area contributed by atoms with Crippen LogP contribution in [-0.2, 0) is 0 Å². The topological polar surface area (TPSA) is 61.5 Å². The van der Waals surface area contributed by atoms with Gasteiger partial charge in [0.2, 0.25) is 0 Å². The van der Waals surface area contributed by atoms with Gasteiger partial charge in [-0.2, -0.15) is 5.10 Å². The van der Waals surface area contributed by atoms with Crippen molar-refractivity contribution in [1.29, 1.82) is 0 Å². The quantitative estimate of drug-likeness (QED) is 0.738. The van der Waals surface area contributed by atoms with Gasteiger partial charge in [-0.1, -0.05) is 12.1 Å². The molecule has 1 aromatic heterocycles. The van der Waals surface area contributed by atoms with Crippen LogP contribution in [0, 0.1) is 13.8 Å². The van der Waals surface area contributed by atoms with Gasteiger partial charge in [0, 0.05) is 37.4 Å². The number of nitrogens with one attached hydrogen (secondary N) is 1. The first-order valence-corrected chi connectivity index (χ1v) is 9.87. The third-order valence-corrected chi connectivity index (χ3v) is 5.68. The number of H-pyrrole nitrogens is 1. The molecule has 1 aliphatic heterocycles. The van der Waals surface area contributed by atoms with Gasteiger partial charge in [0.25, 0.3) is 5.91 Å². The monoisotopic (exact) mass is 390 g/mol. The highest BCUT2D eigenvalue weighted by atomic mass is 16.5. The lowest BCUT2D eigenvalue weighted by Crippen LogP contribution is -2.49. The van der Waals surface area contributed by atoms with Crippen molar-refractivity contribution in [2.24, 2.45) is 0 Å². The van der Waals surface area contributed by atoms with E-state index in [9.17, 15) is 4.79 Å². The maximum atomic E-state index is 12.9. The van der Waals surface area contributed by atoms with Crippen LogP contribution in [0.5, 0.6) is 5.75 Å². The predicted octanol–water partition coefficient (Wildman–Crippen LogP) is 3.66. The number of anilines is 1.